The summed E-state index contributed by atoms with van der Waals surface area (Å²) >= 11 is 1.85. The smallest absolute Gasteiger partial charge is 0.399 e. The second-order valence-corrected chi connectivity index (χ2v) is 8.61. The highest BCUT2D eigenvalue weighted by Gasteiger charge is 2.52. The van der Waals surface area contributed by atoms with E-state index in [1.165, 1.54) is 54.6 Å². The van der Waals surface area contributed by atoms with E-state index in [1.807, 2.05) is 11.3 Å². The molecule has 1 aliphatic rings. The van der Waals surface area contributed by atoms with Crippen LogP contribution in [-0.2, 0) is 15.7 Å². The summed E-state index contributed by atoms with van der Waals surface area (Å²) < 4.78 is 13.5. The average Bonchev–Trinajstić information content (AvgIpc) is 2.97. The molecule has 0 atom stereocenters. The van der Waals surface area contributed by atoms with E-state index in [0.29, 0.717) is 0 Å². The van der Waals surface area contributed by atoms with Crippen LogP contribution in [0.15, 0.2) is 12.1 Å². The SMILES string of the molecule is CCCCCCCCc1ccc(B2OC(C)(C)C(C)(C)O2)s1. The summed E-state index contributed by atoms with van der Waals surface area (Å²) in [6, 6.07) is 4.43. The van der Waals surface area contributed by atoms with Crippen molar-refractivity contribution < 1.29 is 9.31 Å². The summed E-state index contributed by atoms with van der Waals surface area (Å²) in [6.07, 6.45) is 9.31. The second-order valence-electron chi connectivity index (χ2n) is 7.41. The van der Waals surface area contributed by atoms with E-state index < -0.39 is 0 Å². The predicted molar refractivity (Wildman–Crippen MR) is 97.1 cm³/mol. The van der Waals surface area contributed by atoms with E-state index in [0.717, 1.165) is 0 Å². The van der Waals surface area contributed by atoms with Crippen molar-refractivity contribution in [3.63, 3.8) is 0 Å². The van der Waals surface area contributed by atoms with Crippen molar-refractivity contribution in [3.8, 4) is 0 Å². The summed E-state index contributed by atoms with van der Waals surface area (Å²) in [4.78, 5) is 1.46. The van der Waals surface area contributed by atoms with Crippen molar-refractivity contribution in [2.75, 3.05) is 0 Å². The van der Waals surface area contributed by atoms with Gasteiger partial charge >= 0.3 is 7.12 Å². The van der Waals surface area contributed by atoms with Gasteiger partial charge in [0.25, 0.3) is 0 Å². The highest BCUT2D eigenvalue weighted by atomic mass is 32.1. The van der Waals surface area contributed by atoms with Crippen LogP contribution in [0.25, 0.3) is 0 Å². The first-order chi connectivity index (χ1) is 10.4. The minimum Gasteiger partial charge on any atom is -0.399 e. The van der Waals surface area contributed by atoms with E-state index in [9.17, 15) is 0 Å². The minimum absolute atomic E-state index is 0.201. The first kappa shape index (κ1) is 18.0. The van der Waals surface area contributed by atoms with Crippen molar-refractivity contribution in [1.82, 2.24) is 0 Å². The molecule has 1 fully saturated rings. The molecule has 124 valence electrons. The van der Waals surface area contributed by atoms with Crippen LogP contribution in [0, 0.1) is 0 Å². The number of aryl methyl sites for hydroxylation is 1. The van der Waals surface area contributed by atoms with Crippen molar-refractivity contribution in [3.05, 3.63) is 17.0 Å². The summed E-state index contributed by atoms with van der Waals surface area (Å²) in [5.41, 5.74) is -0.498. The maximum absolute atomic E-state index is 6.12. The Kier molecular flexibility index (Phi) is 6.15. The molecule has 0 saturated carbocycles. The van der Waals surface area contributed by atoms with Gasteiger partial charge in [0.15, 0.2) is 0 Å². The van der Waals surface area contributed by atoms with Crippen LogP contribution in [0.5, 0.6) is 0 Å². The Hall–Kier alpha value is -0.315. The lowest BCUT2D eigenvalue weighted by molar-refractivity contribution is 0.00578. The summed E-state index contributed by atoms with van der Waals surface area (Å²) in [5, 5.41) is 0. The maximum Gasteiger partial charge on any atom is 0.505 e. The van der Waals surface area contributed by atoms with Gasteiger partial charge in [-0.05, 0) is 46.6 Å². The highest BCUT2D eigenvalue weighted by Crippen LogP contribution is 2.37. The van der Waals surface area contributed by atoms with Gasteiger partial charge in [0.05, 0.1) is 11.2 Å². The molecule has 2 rings (SSSR count). The summed E-state index contributed by atoms with van der Waals surface area (Å²) in [6.45, 7) is 10.7. The first-order valence-corrected chi connectivity index (χ1v) is 9.61. The Morgan fingerprint density at radius 2 is 1.50 bits per heavy atom. The molecule has 0 spiro atoms. The fourth-order valence-electron chi connectivity index (χ4n) is 2.69. The van der Waals surface area contributed by atoms with Crippen LogP contribution in [-0.4, -0.2) is 18.3 Å². The third kappa shape index (κ3) is 4.36. The van der Waals surface area contributed by atoms with Crippen molar-refractivity contribution in [2.24, 2.45) is 0 Å². The van der Waals surface area contributed by atoms with Crippen LogP contribution in [0.3, 0.4) is 0 Å². The molecule has 2 nitrogen and oxygen atoms in total. The van der Waals surface area contributed by atoms with Crippen LogP contribution in [0.1, 0.15) is 78.0 Å². The lowest BCUT2D eigenvalue weighted by atomic mass is 9.88. The number of hydrogen-bond acceptors (Lipinski definition) is 3. The van der Waals surface area contributed by atoms with Crippen LogP contribution < -0.4 is 4.78 Å². The lowest BCUT2D eigenvalue weighted by Crippen LogP contribution is -2.41. The van der Waals surface area contributed by atoms with Crippen LogP contribution >= 0.6 is 11.3 Å². The molecule has 1 aromatic heterocycles. The van der Waals surface area contributed by atoms with Gasteiger partial charge in [-0.3, -0.25) is 0 Å². The molecule has 22 heavy (non-hydrogen) atoms. The topological polar surface area (TPSA) is 18.5 Å². The van der Waals surface area contributed by atoms with Crippen LogP contribution in [0.2, 0.25) is 0 Å². The van der Waals surface area contributed by atoms with Crippen molar-refractivity contribution >= 4 is 23.2 Å². The molecule has 0 aromatic carbocycles. The quantitative estimate of drug-likeness (QED) is 0.498. The number of hydrogen-bond donors (Lipinski definition) is 0. The monoisotopic (exact) mass is 322 g/mol. The van der Waals surface area contributed by atoms with Gasteiger partial charge in [-0.2, -0.15) is 0 Å². The molecule has 0 radical (unpaired) electrons. The number of unbranched alkanes of at least 4 members (excludes halogenated alkanes) is 5. The largest absolute Gasteiger partial charge is 0.505 e. The molecule has 0 unspecified atom stereocenters. The summed E-state index contributed by atoms with van der Waals surface area (Å²) in [7, 11) is -0.201. The van der Waals surface area contributed by atoms with Gasteiger partial charge in [0, 0.05) is 9.65 Å². The van der Waals surface area contributed by atoms with Gasteiger partial charge in [-0.25, -0.2) is 0 Å². The zero-order chi connectivity index (χ0) is 16.2. The molecule has 0 aliphatic carbocycles. The maximum atomic E-state index is 6.12. The molecule has 2 heterocycles. The summed E-state index contributed by atoms with van der Waals surface area (Å²) in [5.74, 6) is 0. The third-order valence-electron chi connectivity index (χ3n) is 4.94. The fourth-order valence-corrected chi connectivity index (χ4v) is 3.71. The van der Waals surface area contributed by atoms with Gasteiger partial charge in [0.1, 0.15) is 0 Å². The van der Waals surface area contributed by atoms with E-state index in [1.54, 1.807) is 0 Å². The van der Waals surface area contributed by atoms with Gasteiger partial charge < -0.3 is 9.31 Å². The molecule has 0 amide bonds. The predicted octanol–water partition coefficient (Wildman–Crippen LogP) is 4.95. The Morgan fingerprint density at radius 3 is 2.14 bits per heavy atom. The molecule has 1 saturated heterocycles. The second kappa shape index (κ2) is 7.50. The molecule has 1 aromatic rings. The van der Waals surface area contributed by atoms with Gasteiger partial charge in [-0.1, -0.05) is 45.1 Å². The lowest BCUT2D eigenvalue weighted by Gasteiger charge is -2.32. The minimum atomic E-state index is -0.249. The molecule has 1 aliphatic heterocycles. The number of rotatable bonds is 8. The molecular weight excluding hydrogens is 291 g/mol. The zero-order valence-electron chi connectivity index (χ0n) is 14.9. The van der Waals surface area contributed by atoms with E-state index >= 15 is 0 Å². The highest BCUT2D eigenvalue weighted by molar-refractivity contribution is 7.22. The van der Waals surface area contributed by atoms with Crippen molar-refractivity contribution in [1.29, 1.82) is 0 Å². The standard InChI is InChI=1S/C18H31BO2S/c1-6-7-8-9-10-11-12-15-13-14-16(22-15)19-20-17(2,3)18(4,5)21-19/h13-14H,6-12H2,1-5H3. The first-order valence-electron chi connectivity index (χ1n) is 8.80. The van der Waals surface area contributed by atoms with Crippen LogP contribution in [0.4, 0.5) is 0 Å². The number of thiophene rings is 1. The van der Waals surface area contributed by atoms with E-state index in [-0.39, 0.29) is 18.3 Å². The molecule has 4 heteroatoms. The van der Waals surface area contributed by atoms with Gasteiger partial charge in [0.2, 0.25) is 0 Å². The Bertz CT molecular complexity index is 451. The normalized spacial score (nSPS) is 19.8. The third-order valence-corrected chi connectivity index (χ3v) is 6.11. The van der Waals surface area contributed by atoms with E-state index in [4.69, 9.17) is 9.31 Å². The molecular formula is C18H31BO2S. The van der Waals surface area contributed by atoms with Crippen molar-refractivity contribution in [2.45, 2.75) is 90.8 Å². The Balaban J connectivity index is 1.80. The molecule has 0 bridgehead atoms. The Morgan fingerprint density at radius 1 is 0.909 bits per heavy atom. The Labute approximate surface area is 140 Å². The fraction of sp³-hybridized carbons (Fsp3) is 0.778. The average molecular weight is 322 g/mol. The van der Waals surface area contributed by atoms with Gasteiger partial charge in [-0.15, -0.1) is 11.3 Å². The molecule has 0 N–H and O–H groups in total. The van der Waals surface area contributed by atoms with E-state index in [2.05, 4.69) is 46.8 Å². The zero-order valence-corrected chi connectivity index (χ0v) is 15.7.